The molecule has 0 amide bonds. The lowest BCUT2D eigenvalue weighted by atomic mass is 9.86. The Kier molecular flexibility index (Phi) is 4.21. The van der Waals surface area contributed by atoms with E-state index in [2.05, 4.69) is 80.3 Å². The average Bonchev–Trinajstić information content (AvgIpc) is 2.66. The molecule has 0 fully saturated rings. The fraction of sp³-hybridized carbons (Fsp3) is 0.400. The van der Waals surface area contributed by atoms with Crippen LogP contribution in [0.25, 0.3) is 0 Å². The quantitative estimate of drug-likeness (QED) is 0.833. The molecule has 1 aliphatic heterocycles. The second kappa shape index (κ2) is 6.13. The first kappa shape index (κ1) is 15.1. The number of hydrogen-bond acceptors (Lipinski definition) is 2. The topological polar surface area (TPSA) is 6.48 Å². The Balaban J connectivity index is 2.14. The minimum atomic E-state index is 0.461. The Bertz CT molecular complexity index is 646. The molecule has 1 atom stereocenters. The molecule has 0 unspecified atom stereocenters. The van der Waals surface area contributed by atoms with Crippen molar-refractivity contribution in [2.24, 2.45) is 0 Å². The summed E-state index contributed by atoms with van der Waals surface area (Å²) in [6, 6.07) is 15.8. The number of rotatable bonds is 2. The molecule has 2 heteroatoms. The number of nitrogens with zero attached hydrogens (tertiary/aromatic N) is 2. The number of benzene rings is 2. The summed E-state index contributed by atoms with van der Waals surface area (Å²) in [5, 5.41) is 0. The second-order valence-electron chi connectivity index (χ2n) is 6.71. The van der Waals surface area contributed by atoms with Crippen molar-refractivity contribution in [3.05, 3.63) is 64.7 Å². The third kappa shape index (κ3) is 2.89. The molecule has 2 aromatic rings. The summed E-state index contributed by atoms with van der Waals surface area (Å²) in [5.74, 6) is 0.461. The van der Waals surface area contributed by atoms with Crippen LogP contribution in [-0.4, -0.2) is 39.1 Å². The molecular formula is C20H26N2. The molecule has 1 heterocycles. The molecule has 0 radical (unpaired) electrons. The zero-order valence-electron chi connectivity index (χ0n) is 14.1. The van der Waals surface area contributed by atoms with Crippen molar-refractivity contribution in [3.63, 3.8) is 0 Å². The SMILES string of the molecule is Cc1cc2c(cc1N(C)C)[C@@H](c1ccccc1)CN(C)CC2. The first-order chi connectivity index (χ1) is 10.6. The van der Waals surface area contributed by atoms with Gasteiger partial charge in [0.05, 0.1) is 0 Å². The summed E-state index contributed by atoms with van der Waals surface area (Å²) in [7, 11) is 6.51. The van der Waals surface area contributed by atoms with Crippen LogP contribution in [0.2, 0.25) is 0 Å². The van der Waals surface area contributed by atoms with E-state index in [9.17, 15) is 0 Å². The summed E-state index contributed by atoms with van der Waals surface area (Å²) >= 11 is 0. The summed E-state index contributed by atoms with van der Waals surface area (Å²) < 4.78 is 0. The van der Waals surface area contributed by atoms with E-state index in [4.69, 9.17) is 0 Å². The highest BCUT2D eigenvalue weighted by Gasteiger charge is 2.24. The monoisotopic (exact) mass is 294 g/mol. The van der Waals surface area contributed by atoms with E-state index < -0.39 is 0 Å². The maximum Gasteiger partial charge on any atom is 0.0393 e. The molecule has 0 spiro atoms. The number of likely N-dealkylation sites (N-methyl/N-ethyl adjacent to an activating group) is 1. The maximum absolute atomic E-state index is 2.46. The average molecular weight is 294 g/mol. The predicted molar refractivity (Wildman–Crippen MR) is 95.0 cm³/mol. The van der Waals surface area contributed by atoms with E-state index in [0.29, 0.717) is 5.92 Å². The van der Waals surface area contributed by atoms with Crippen LogP contribution < -0.4 is 4.90 Å². The highest BCUT2D eigenvalue weighted by Crippen LogP contribution is 2.35. The Labute approximate surface area is 134 Å². The summed E-state index contributed by atoms with van der Waals surface area (Å²) in [5.41, 5.74) is 7.15. The van der Waals surface area contributed by atoms with Crippen LogP contribution in [0.3, 0.4) is 0 Å². The molecule has 116 valence electrons. The van der Waals surface area contributed by atoms with E-state index in [1.165, 1.54) is 27.9 Å². The van der Waals surface area contributed by atoms with Gasteiger partial charge in [-0.25, -0.2) is 0 Å². The molecule has 3 rings (SSSR count). The zero-order chi connectivity index (χ0) is 15.7. The van der Waals surface area contributed by atoms with Crippen LogP contribution in [0.5, 0.6) is 0 Å². The van der Waals surface area contributed by atoms with Gasteiger partial charge in [0.1, 0.15) is 0 Å². The van der Waals surface area contributed by atoms with E-state index >= 15 is 0 Å². The van der Waals surface area contributed by atoms with Crippen molar-refractivity contribution >= 4 is 5.69 Å². The smallest absolute Gasteiger partial charge is 0.0393 e. The Morgan fingerprint density at radius 2 is 1.82 bits per heavy atom. The van der Waals surface area contributed by atoms with Gasteiger partial charge in [0.25, 0.3) is 0 Å². The Morgan fingerprint density at radius 1 is 1.09 bits per heavy atom. The van der Waals surface area contributed by atoms with Crippen molar-refractivity contribution in [2.45, 2.75) is 19.3 Å². The Hall–Kier alpha value is -1.80. The van der Waals surface area contributed by atoms with Gasteiger partial charge in [-0.05, 0) is 48.7 Å². The minimum absolute atomic E-state index is 0.461. The van der Waals surface area contributed by atoms with Gasteiger partial charge in [-0.15, -0.1) is 0 Å². The van der Waals surface area contributed by atoms with Crippen LogP contribution in [0.15, 0.2) is 42.5 Å². The zero-order valence-corrected chi connectivity index (χ0v) is 14.1. The van der Waals surface area contributed by atoms with Crippen LogP contribution in [0.1, 0.15) is 28.2 Å². The molecule has 1 aliphatic rings. The number of anilines is 1. The Morgan fingerprint density at radius 3 is 2.50 bits per heavy atom. The number of aryl methyl sites for hydroxylation is 1. The molecule has 2 nitrogen and oxygen atoms in total. The van der Waals surface area contributed by atoms with Gasteiger partial charge in [-0.1, -0.05) is 36.4 Å². The lowest BCUT2D eigenvalue weighted by molar-refractivity contribution is 0.338. The summed E-state index contributed by atoms with van der Waals surface area (Å²) in [6.07, 6.45) is 1.14. The standard InChI is InChI=1S/C20H26N2/c1-15-12-17-10-11-22(4)14-19(16-8-6-5-7-9-16)18(17)13-20(15)21(2)3/h5-9,12-13,19H,10-11,14H2,1-4H3/t19-/m1/s1. The van der Waals surface area contributed by atoms with E-state index in [0.717, 1.165) is 19.5 Å². The third-order valence-corrected chi connectivity index (χ3v) is 4.77. The van der Waals surface area contributed by atoms with Crippen LogP contribution >= 0.6 is 0 Å². The lowest BCUT2D eigenvalue weighted by Crippen LogP contribution is -2.24. The van der Waals surface area contributed by atoms with Crippen molar-refractivity contribution < 1.29 is 0 Å². The molecule has 0 N–H and O–H groups in total. The molecule has 0 aromatic heterocycles. The minimum Gasteiger partial charge on any atom is -0.377 e. The molecule has 0 saturated heterocycles. The van der Waals surface area contributed by atoms with Crippen molar-refractivity contribution in [2.75, 3.05) is 39.1 Å². The molecular weight excluding hydrogens is 268 g/mol. The van der Waals surface area contributed by atoms with Gasteiger partial charge in [0.2, 0.25) is 0 Å². The summed E-state index contributed by atoms with van der Waals surface area (Å²) in [6.45, 7) is 4.45. The van der Waals surface area contributed by atoms with Crippen LogP contribution in [-0.2, 0) is 6.42 Å². The van der Waals surface area contributed by atoms with Gasteiger partial charge in [0, 0.05) is 38.8 Å². The molecule has 2 aromatic carbocycles. The number of hydrogen-bond donors (Lipinski definition) is 0. The molecule has 0 saturated carbocycles. The van der Waals surface area contributed by atoms with Crippen molar-refractivity contribution in [1.29, 1.82) is 0 Å². The maximum atomic E-state index is 2.46. The summed E-state index contributed by atoms with van der Waals surface area (Å²) in [4.78, 5) is 4.69. The fourth-order valence-corrected chi connectivity index (χ4v) is 3.58. The molecule has 0 aliphatic carbocycles. The van der Waals surface area contributed by atoms with Crippen molar-refractivity contribution in [3.8, 4) is 0 Å². The van der Waals surface area contributed by atoms with Gasteiger partial charge in [-0.2, -0.15) is 0 Å². The third-order valence-electron chi connectivity index (χ3n) is 4.77. The molecule has 22 heavy (non-hydrogen) atoms. The van der Waals surface area contributed by atoms with E-state index in [1.807, 2.05) is 0 Å². The largest absolute Gasteiger partial charge is 0.377 e. The van der Waals surface area contributed by atoms with Gasteiger partial charge in [-0.3, -0.25) is 0 Å². The lowest BCUT2D eigenvalue weighted by Gasteiger charge is -2.24. The van der Waals surface area contributed by atoms with Crippen LogP contribution in [0, 0.1) is 6.92 Å². The first-order valence-electron chi connectivity index (χ1n) is 8.10. The highest BCUT2D eigenvalue weighted by atomic mass is 15.1. The van der Waals surface area contributed by atoms with Crippen molar-refractivity contribution in [1.82, 2.24) is 4.90 Å². The fourth-order valence-electron chi connectivity index (χ4n) is 3.58. The predicted octanol–water partition coefficient (Wildman–Crippen LogP) is 3.68. The second-order valence-corrected chi connectivity index (χ2v) is 6.71. The highest BCUT2D eigenvalue weighted by molar-refractivity contribution is 5.58. The normalized spacial score (nSPS) is 18.6. The van der Waals surface area contributed by atoms with Gasteiger partial charge >= 0.3 is 0 Å². The first-order valence-corrected chi connectivity index (χ1v) is 8.10. The van der Waals surface area contributed by atoms with E-state index in [1.54, 1.807) is 0 Å². The molecule has 0 bridgehead atoms. The van der Waals surface area contributed by atoms with Gasteiger partial charge in [0.15, 0.2) is 0 Å². The number of fused-ring (bicyclic) bond motifs is 1. The van der Waals surface area contributed by atoms with Gasteiger partial charge < -0.3 is 9.80 Å². The van der Waals surface area contributed by atoms with E-state index in [-0.39, 0.29) is 0 Å². The van der Waals surface area contributed by atoms with Crippen LogP contribution in [0.4, 0.5) is 5.69 Å².